The molecule has 0 amide bonds. The summed E-state index contributed by atoms with van der Waals surface area (Å²) in [6.07, 6.45) is 0. The number of ether oxygens (including phenoxy) is 1. The number of nitrogens with zero attached hydrogens (tertiary/aromatic N) is 1. The van der Waals surface area contributed by atoms with Crippen molar-refractivity contribution in [3.8, 4) is 11.6 Å². The van der Waals surface area contributed by atoms with Crippen LogP contribution in [0.4, 0.5) is 0 Å². The van der Waals surface area contributed by atoms with Crippen molar-refractivity contribution in [2.75, 3.05) is 0 Å². The molecule has 0 saturated carbocycles. The maximum absolute atomic E-state index is 10.9. The zero-order chi connectivity index (χ0) is 13.1. The highest BCUT2D eigenvalue weighted by molar-refractivity contribution is 6.32. The first-order chi connectivity index (χ1) is 8.56. The number of rotatable bonds is 3. The molecule has 0 aliphatic rings. The Kier molecular flexibility index (Phi) is 3.48. The first-order valence-electron chi connectivity index (χ1n) is 5.20. The van der Waals surface area contributed by atoms with E-state index in [9.17, 15) is 4.79 Å². The van der Waals surface area contributed by atoms with Gasteiger partial charge in [-0.05, 0) is 25.1 Å². The van der Waals surface area contributed by atoms with Crippen LogP contribution in [-0.4, -0.2) is 16.1 Å². The van der Waals surface area contributed by atoms with Crippen LogP contribution in [0.2, 0.25) is 5.02 Å². The minimum Gasteiger partial charge on any atom is -0.478 e. The molecular formula is C13H10ClNO3. The average Bonchev–Trinajstić information content (AvgIpc) is 2.31. The first kappa shape index (κ1) is 12.4. The fraction of sp³-hybridized carbons (Fsp3) is 0.0769. The van der Waals surface area contributed by atoms with Gasteiger partial charge in [0.15, 0.2) is 0 Å². The van der Waals surface area contributed by atoms with Crippen molar-refractivity contribution >= 4 is 17.6 Å². The first-order valence-corrected chi connectivity index (χ1v) is 5.58. The predicted molar refractivity (Wildman–Crippen MR) is 67.5 cm³/mol. The second-order valence-electron chi connectivity index (χ2n) is 3.67. The molecule has 92 valence electrons. The summed E-state index contributed by atoms with van der Waals surface area (Å²) in [5.74, 6) is -0.376. The Balaban J connectivity index is 2.35. The highest BCUT2D eigenvalue weighted by Gasteiger charge is 2.09. The molecule has 0 aliphatic carbocycles. The Labute approximate surface area is 109 Å². The van der Waals surface area contributed by atoms with Crippen molar-refractivity contribution in [3.05, 3.63) is 52.7 Å². The summed E-state index contributed by atoms with van der Waals surface area (Å²) in [4.78, 5) is 15.0. The van der Waals surface area contributed by atoms with E-state index in [1.807, 2.05) is 0 Å². The Morgan fingerprint density at radius 2 is 2.06 bits per heavy atom. The monoisotopic (exact) mass is 263 g/mol. The van der Waals surface area contributed by atoms with Crippen LogP contribution < -0.4 is 4.74 Å². The van der Waals surface area contributed by atoms with Gasteiger partial charge in [-0.25, -0.2) is 9.78 Å². The maximum atomic E-state index is 10.9. The summed E-state index contributed by atoms with van der Waals surface area (Å²) in [6, 6.07) is 9.76. The smallest absolute Gasteiger partial charge is 0.335 e. The molecule has 0 spiro atoms. The molecular weight excluding hydrogens is 254 g/mol. The van der Waals surface area contributed by atoms with E-state index in [2.05, 4.69) is 4.98 Å². The van der Waals surface area contributed by atoms with Crippen molar-refractivity contribution in [3.63, 3.8) is 0 Å². The number of halogens is 1. The second-order valence-corrected chi connectivity index (χ2v) is 4.08. The lowest BCUT2D eigenvalue weighted by molar-refractivity contribution is 0.0696. The lowest BCUT2D eigenvalue weighted by Crippen LogP contribution is -2.00. The number of benzene rings is 1. The molecule has 1 N–H and O–H groups in total. The van der Waals surface area contributed by atoms with E-state index in [0.717, 1.165) is 0 Å². The van der Waals surface area contributed by atoms with Crippen LogP contribution in [0.3, 0.4) is 0 Å². The molecule has 0 saturated heterocycles. The average molecular weight is 264 g/mol. The normalized spacial score (nSPS) is 10.1. The summed E-state index contributed by atoms with van der Waals surface area (Å²) >= 11 is 5.95. The van der Waals surface area contributed by atoms with Crippen LogP contribution in [0.25, 0.3) is 0 Å². The van der Waals surface area contributed by atoms with Crippen LogP contribution in [0, 0.1) is 6.92 Å². The molecule has 2 rings (SSSR count). The number of carbonyl (C=O) groups is 1. The van der Waals surface area contributed by atoms with Crippen LogP contribution in [0.15, 0.2) is 36.4 Å². The van der Waals surface area contributed by atoms with E-state index in [4.69, 9.17) is 21.4 Å². The number of aryl methyl sites for hydroxylation is 1. The number of hydrogen-bond donors (Lipinski definition) is 1. The number of aromatic carboxylic acids is 1. The van der Waals surface area contributed by atoms with Gasteiger partial charge in [-0.1, -0.05) is 23.7 Å². The van der Waals surface area contributed by atoms with E-state index < -0.39 is 5.97 Å². The molecule has 1 aromatic heterocycles. The molecule has 0 radical (unpaired) electrons. The van der Waals surface area contributed by atoms with Crippen LogP contribution in [0.5, 0.6) is 11.6 Å². The summed E-state index contributed by atoms with van der Waals surface area (Å²) in [7, 11) is 0. The van der Waals surface area contributed by atoms with Gasteiger partial charge >= 0.3 is 5.97 Å². The minimum atomic E-state index is -1.02. The van der Waals surface area contributed by atoms with E-state index in [-0.39, 0.29) is 11.4 Å². The predicted octanol–water partition coefficient (Wildman–Crippen LogP) is 3.53. The highest BCUT2D eigenvalue weighted by atomic mass is 35.5. The quantitative estimate of drug-likeness (QED) is 0.920. The van der Waals surface area contributed by atoms with Gasteiger partial charge in [-0.2, -0.15) is 0 Å². The molecule has 0 bridgehead atoms. The van der Waals surface area contributed by atoms with Crippen LogP contribution >= 0.6 is 11.6 Å². The Hall–Kier alpha value is -2.07. The van der Waals surface area contributed by atoms with Gasteiger partial charge in [-0.3, -0.25) is 0 Å². The van der Waals surface area contributed by atoms with E-state index in [1.165, 1.54) is 12.1 Å². The number of hydrogen-bond acceptors (Lipinski definition) is 3. The summed E-state index contributed by atoms with van der Waals surface area (Å²) < 4.78 is 5.47. The number of carboxylic acid groups (broad SMARTS) is 1. The third kappa shape index (κ3) is 2.78. The number of aromatic nitrogens is 1. The Morgan fingerprint density at radius 1 is 1.33 bits per heavy atom. The fourth-order valence-corrected chi connectivity index (χ4v) is 1.63. The van der Waals surface area contributed by atoms with Crippen molar-refractivity contribution in [1.29, 1.82) is 0 Å². The molecule has 18 heavy (non-hydrogen) atoms. The van der Waals surface area contributed by atoms with Crippen molar-refractivity contribution in [1.82, 2.24) is 4.98 Å². The van der Waals surface area contributed by atoms with Gasteiger partial charge in [0.05, 0.1) is 10.6 Å². The second kappa shape index (κ2) is 5.06. The molecule has 4 nitrogen and oxygen atoms in total. The van der Waals surface area contributed by atoms with E-state index in [1.54, 1.807) is 31.2 Å². The third-order valence-electron chi connectivity index (χ3n) is 2.23. The highest BCUT2D eigenvalue weighted by Crippen LogP contribution is 2.28. The largest absolute Gasteiger partial charge is 0.478 e. The van der Waals surface area contributed by atoms with Gasteiger partial charge < -0.3 is 9.84 Å². The van der Waals surface area contributed by atoms with Crippen molar-refractivity contribution in [2.24, 2.45) is 0 Å². The lowest BCUT2D eigenvalue weighted by Gasteiger charge is -2.07. The van der Waals surface area contributed by atoms with Gasteiger partial charge in [0, 0.05) is 11.8 Å². The SMILES string of the molecule is Cc1cc(C(=O)O)cc(Oc2ccccc2Cl)n1. The number of carboxylic acids is 1. The van der Waals surface area contributed by atoms with Gasteiger partial charge in [0.1, 0.15) is 5.75 Å². The summed E-state index contributed by atoms with van der Waals surface area (Å²) in [6.45, 7) is 1.70. The lowest BCUT2D eigenvalue weighted by atomic mass is 10.2. The topological polar surface area (TPSA) is 59.4 Å². The number of para-hydroxylation sites is 1. The van der Waals surface area contributed by atoms with Gasteiger partial charge in [0.2, 0.25) is 5.88 Å². The Bertz CT molecular complexity index is 599. The third-order valence-corrected chi connectivity index (χ3v) is 2.54. The molecule has 1 aromatic carbocycles. The van der Waals surface area contributed by atoms with E-state index in [0.29, 0.717) is 16.5 Å². The molecule has 0 unspecified atom stereocenters. The molecule has 0 aliphatic heterocycles. The van der Waals surface area contributed by atoms with E-state index >= 15 is 0 Å². The zero-order valence-electron chi connectivity index (χ0n) is 9.55. The molecule has 0 atom stereocenters. The maximum Gasteiger partial charge on any atom is 0.335 e. The number of pyridine rings is 1. The van der Waals surface area contributed by atoms with Crippen molar-refractivity contribution in [2.45, 2.75) is 6.92 Å². The van der Waals surface area contributed by atoms with Crippen molar-refractivity contribution < 1.29 is 14.6 Å². The summed E-state index contributed by atoms with van der Waals surface area (Å²) in [5.41, 5.74) is 0.696. The zero-order valence-corrected chi connectivity index (χ0v) is 10.3. The van der Waals surface area contributed by atoms with Gasteiger partial charge in [0.25, 0.3) is 0 Å². The standard InChI is InChI=1S/C13H10ClNO3/c1-8-6-9(13(16)17)7-12(15-8)18-11-5-3-2-4-10(11)14/h2-7H,1H3,(H,16,17). The minimum absolute atomic E-state index is 0.129. The van der Waals surface area contributed by atoms with Gasteiger partial charge in [-0.15, -0.1) is 0 Å². The molecule has 5 heteroatoms. The molecule has 0 fully saturated rings. The Morgan fingerprint density at radius 3 is 2.72 bits per heavy atom. The fourth-order valence-electron chi connectivity index (χ4n) is 1.45. The van der Waals surface area contributed by atoms with Crippen LogP contribution in [0.1, 0.15) is 16.1 Å². The molecule has 2 aromatic rings. The molecule has 1 heterocycles. The summed E-state index contributed by atoms with van der Waals surface area (Å²) in [5, 5.41) is 9.39. The van der Waals surface area contributed by atoms with Crippen LogP contribution in [-0.2, 0) is 0 Å².